The fraction of sp³-hybridized carbons (Fsp3) is 0.333. The number of methoxy groups -OCH3 is 1. The number of rotatable bonds is 8. The van der Waals surface area contributed by atoms with Crippen molar-refractivity contribution in [2.45, 2.75) is 19.9 Å². The maximum absolute atomic E-state index is 13.4. The van der Waals surface area contributed by atoms with Gasteiger partial charge in [0, 0.05) is 27.2 Å². The highest BCUT2D eigenvalue weighted by Gasteiger charge is 2.21. The number of nitrogens with one attached hydrogen (secondary N) is 1. The largest absolute Gasteiger partial charge is 0.383 e. The lowest BCUT2D eigenvalue weighted by molar-refractivity contribution is 0.176. The van der Waals surface area contributed by atoms with Crippen molar-refractivity contribution in [2.24, 2.45) is 19.1 Å². The van der Waals surface area contributed by atoms with E-state index < -0.39 is 0 Å². The van der Waals surface area contributed by atoms with E-state index in [1.54, 1.807) is 38.0 Å². The monoisotopic (exact) mass is 386 g/mol. The molecular weight excluding hydrogens is 359 g/mol. The van der Waals surface area contributed by atoms with Crippen LogP contribution < -0.4 is 10.9 Å². The Hall–Kier alpha value is -2.93. The standard InChI is InChI=1S/C21H27FN4O2/c1-7-8-18(24-15(3)23-14(2)13-28-6)20-19(21(27)26(5)25(20)4)16-9-11-17(22)12-10-16/h7-12,14,23H,3,13H2,1-2,4-6H3/b8-7-,24-18+/t14-/m0/s1. The summed E-state index contributed by atoms with van der Waals surface area (Å²) in [5.41, 5.74) is 2.09. The lowest BCUT2D eigenvalue weighted by Crippen LogP contribution is -2.29. The van der Waals surface area contributed by atoms with Crippen molar-refractivity contribution in [3.63, 3.8) is 0 Å². The summed E-state index contributed by atoms with van der Waals surface area (Å²) in [6.45, 7) is 8.31. The summed E-state index contributed by atoms with van der Waals surface area (Å²) < 4.78 is 21.7. The first-order chi connectivity index (χ1) is 13.3. The Morgan fingerprint density at radius 3 is 2.54 bits per heavy atom. The maximum Gasteiger partial charge on any atom is 0.274 e. The fourth-order valence-corrected chi connectivity index (χ4v) is 2.96. The van der Waals surface area contributed by atoms with E-state index in [-0.39, 0.29) is 17.4 Å². The van der Waals surface area contributed by atoms with Gasteiger partial charge >= 0.3 is 0 Å². The second-order valence-electron chi connectivity index (χ2n) is 6.53. The van der Waals surface area contributed by atoms with E-state index in [0.717, 1.165) is 0 Å². The van der Waals surface area contributed by atoms with Gasteiger partial charge in [-0.05, 0) is 37.6 Å². The highest BCUT2D eigenvalue weighted by molar-refractivity contribution is 6.11. The number of benzene rings is 1. The third-order valence-corrected chi connectivity index (χ3v) is 4.30. The van der Waals surface area contributed by atoms with Crippen molar-refractivity contribution in [1.29, 1.82) is 0 Å². The van der Waals surface area contributed by atoms with Gasteiger partial charge in [-0.25, -0.2) is 9.38 Å². The quantitative estimate of drug-likeness (QED) is 0.710. The van der Waals surface area contributed by atoms with E-state index in [4.69, 9.17) is 4.74 Å². The van der Waals surface area contributed by atoms with Crippen LogP contribution in [0.3, 0.4) is 0 Å². The molecule has 1 N–H and O–H groups in total. The van der Waals surface area contributed by atoms with Crippen molar-refractivity contribution in [1.82, 2.24) is 14.7 Å². The van der Waals surface area contributed by atoms with E-state index in [1.165, 1.54) is 16.8 Å². The third kappa shape index (κ3) is 4.67. The zero-order valence-electron chi connectivity index (χ0n) is 17.0. The average molecular weight is 386 g/mol. The molecule has 0 saturated carbocycles. The molecule has 0 unspecified atom stereocenters. The van der Waals surface area contributed by atoms with Crippen molar-refractivity contribution in [2.75, 3.05) is 13.7 Å². The number of allylic oxidation sites excluding steroid dienone is 2. The lowest BCUT2D eigenvalue weighted by Gasteiger charge is -2.15. The summed E-state index contributed by atoms with van der Waals surface area (Å²) in [6, 6.07) is 5.90. The minimum Gasteiger partial charge on any atom is -0.383 e. The van der Waals surface area contributed by atoms with Crippen LogP contribution in [0, 0.1) is 5.82 Å². The summed E-state index contributed by atoms with van der Waals surface area (Å²) in [7, 11) is 5.09. The molecule has 0 radical (unpaired) electrons. The Morgan fingerprint density at radius 2 is 1.96 bits per heavy atom. The molecule has 150 valence electrons. The minimum atomic E-state index is -0.356. The van der Waals surface area contributed by atoms with E-state index >= 15 is 0 Å². The van der Waals surface area contributed by atoms with Crippen LogP contribution in [0.5, 0.6) is 0 Å². The molecule has 2 rings (SSSR count). The third-order valence-electron chi connectivity index (χ3n) is 4.30. The van der Waals surface area contributed by atoms with Crippen molar-refractivity contribution >= 4 is 5.71 Å². The zero-order chi connectivity index (χ0) is 20.8. The highest BCUT2D eigenvalue weighted by Crippen LogP contribution is 2.22. The number of hydrogen-bond donors (Lipinski definition) is 1. The summed E-state index contributed by atoms with van der Waals surface area (Å²) in [4.78, 5) is 17.5. The van der Waals surface area contributed by atoms with Gasteiger partial charge in [0.1, 0.15) is 11.6 Å². The summed E-state index contributed by atoms with van der Waals surface area (Å²) >= 11 is 0. The first-order valence-electron chi connectivity index (χ1n) is 8.98. The molecule has 0 aliphatic heterocycles. The second-order valence-corrected chi connectivity index (χ2v) is 6.53. The first-order valence-corrected chi connectivity index (χ1v) is 8.98. The van der Waals surface area contributed by atoms with Gasteiger partial charge < -0.3 is 10.1 Å². The van der Waals surface area contributed by atoms with Gasteiger partial charge in [-0.2, -0.15) is 0 Å². The molecule has 2 aromatic rings. The van der Waals surface area contributed by atoms with Crippen LogP contribution in [0.4, 0.5) is 4.39 Å². The van der Waals surface area contributed by atoms with Gasteiger partial charge in [0.05, 0.1) is 23.6 Å². The number of aromatic nitrogens is 2. The van der Waals surface area contributed by atoms with Gasteiger partial charge in [0.15, 0.2) is 0 Å². The molecule has 1 aromatic heterocycles. The fourth-order valence-electron chi connectivity index (χ4n) is 2.96. The molecule has 7 heteroatoms. The molecule has 28 heavy (non-hydrogen) atoms. The molecule has 0 spiro atoms. The number of ether oxygens (including phenoxy) is 1. The SMILES string of the molecule is C=C(/N=C(\C=C/C)c1c(-c2ccc(F)cc2)c(=O)n(C)n1C)N[C@@H](C)COC. The molecular formula is C21H27FN4O2. The smallest absolute Gasteiger partial charge is 0.274 e. The minimum absolute atomic E-state index is 0.0317. The average Bonchev–Trinajstić information content (AvgIpc) is 2.86. The van der Waals surface area contributed by atoms with Crippen LogP contribution in [0.15, 0.2) is 58.6 Å². The lowest BCUT2D eigenvalue weighted by atomic mass is 10.0. The molecule has 0 aliphatic rings. The highest BCUT2D eigenvalue weighted by atomic mass is 19.1. The molecule has 1 atom stereocenters. The predicted octanol–water partition coefficient (Wildman–Crippen LogP) is 2.99. The van der Waals surface area contributed by atoms with E-state index in [0.29, 0.717) is 35.0 Å². The summed E-state index contributed by atoms with van der Waals surface area (Å²) in [5, 5.41) is 3.16. The van der Waals surface area contributed by atoms with Gasteiger partial charge in [0.2, 0.25) is 0 Å². The molecule has 0 saturated heterocycles. The Bertz CT molecular complexity index is 952. The van der Waals surface area contributed by atoms with Gasteiger partial charge in [-0.1, -0.05) is 24.8 Å². The topological polar surface area (TPSA) is 60.5 Å². The van der Waals surface area contributed by atoms with E-state index in [2.05, 4.69) is 16.9 Å². The first kappa shape index (κ1) is 21.4. The molecule has 0 bridgehead atoms. The van der Waals surface area contributed by atoms with Crippen LogP contribution in [0.25, 0.3) is 11.1 Å². The maximum atomic E-state index is 13.4. The van der Waals surface area contributed by atoms with Gasteiger partial charge in [-0.15, -0.1) is 0 Å². The van der Waals surface area contributed by atoms with Crippen molar-refractivity contribution < 1.29 is 9.13 Å². The van der Waals surface area contributed by atoms with Gasteiger partial charge in [0.25, 0.3) is 5.56 Å². The van der Waals surface area contributed by atoms with Crippen LogP contribution in [0.1, 0.15) is 19.5 Å². The predicted molar refractivity (Wildman–Crippen MR) is 111 cm³/mol. The molecule has 0 aliphatic carbocycles. The van der Waals surface area contributed by atoms with Crippen LogP contribution in [0.2, 0.25) is 0 Å². The normalized spacial score (nSPS) is 13.1. The number of aliphatic imine (C=N–C) groups is 1. The number of hydrogen-bond acceptors (Lipinski definition) is 4. The van der Waals surface area contributed by atoms with Crippen LogP contribution in [-0.2, 0) is 18.8 Å². The second kappa shape index (κ2) is 9.32. The van der Waals surface area contributed by atoms with Gasteiger partial charge in [-0.3, -0.25) is 14.2 Å². The number of nitrogens with zero attached hydrogens (tertiary/aromatic N) is 3. The Balaban J connectivity index is 2.60. The van der Waals surface area contributed by atoms with Crippen LogP contribution in [-0.4, -0.2) is 34.8 Å². The van der Waals surface area contributed by atoms with Crippen molar-refractivity contribution in [3.8, 4) is 11.1 Å². The molecule has 0 amide bonds. The Labute approximate surface area is 164 Å². The summed E-state index contributed by atoms with van der Waals surface area (Å²) in [5.74, 6) is 0.101. The molecule has 6 nitrogen and oxygen atoms in total. The molecule has 0 fully saturated rings. The number of halogens is 1. The van der Waals surface area contributed by atoms with Crippen molar-refractivity contribution in [3.05, 3.63) is 70.7 Å². The Kier molecular flexibility index (Phi) is 7.12. The van der Waals surface area contributed by atoms with E-state index in [9.17, 15) is 9.18 Å². The van der Waals surface area contributed by atoms with E-state index in [1.807, 2.05) is 26.0 Å². The zero-order valence-corrected chi connectivity index (χ0v) is 17.0. The van der Waals surface area contributed by atoms with Crippen LogP contribution >= 0.6 is 0 Å². The molecule has 1 aromatic carbocycles. The Morgan fingerprint density at radius 1 is 1.32 bits per heavy atom. The molecule has 1 heterocycles. The summed E-state index contributed by atoms with van der Waals surface area (Å²) in [6.07, 6.45) is 3.66.